The molecule has 2 aromatic carbocycles. The van der Waals surface area contributed by atoms with Crippen molar-refractivity contribution in [3.05, 3.63) is 63.6 Å². The van der Waals surface area contributed by atoms with E-state index >= 15 is 0 Å². The molecule has 1 aliphatic carbocycles. The van der Waals surface area contributed by atoms with Gasteiger partial charge in [0.25, 0.3) is 0 Å². The lowest BCUT2D eigenvalue weighted by atomic mass is 9.96. The summed E-state index contributed by atoms with van der Waals surface area (Å²) in [5.41, 5.74) is 0.169. The van der Waals surface area contributed by atoms with Gasteiger partial charge in [-0.25, -0.2) is 8.78 Å². The minimum atomic E-state index is -4.46. The van der Waals surface area contributed by atoms with Crippen LogP contribution in [0.25, 0.3) is 0 Å². The van der Waals surface area contributed by atoms with Crippen LogP contribution >= 0.6 is 15.9 Å². The second kappa shape index (κ2) is 8.53. The molecule has 3 rings (SSSR count). The van der Waals surface area contributed by atoms with Gasteiger partial charge in [-0.3, -0.25) is 4.79 Å². The third-order valence-electron chi connectivity index (χ3n) is 4.94. The molecule has 1 atom stereocenters. The Morgan fingerprint density at radius 1 is 1.20 bits per heavy atom. The largest absolute Gasteiger partial charge is 0.484 e. The second-order valence-electron chi connectivity index (χ2n) is 7.48. The maximum atomic E-state index is 13.9. The van der Waals surface area contributed by atoms with E-state index < -0.39 is 35.9 Å². The summed E-state index contributed by atoms with van der Waals surface area (Å²) in [6.07, 6.45) is -3.24. The van der Waals surface area contributed by atoms with Crippen molar-refractivity contribution in [2.45, 2.75) is 43.8 Å². The summed E-state index contributed by atoms with van der Waals surface area (Å²) in [7, 11) is 0. The van der Waals surface area contributed by atoms with E-state index in [0.29, 0.717) is 22.9 Å². The molecule has 1 saturated carbocycles. The van der Waals surface area contributed by atoms with Gasteiger partial charge in [-0.05, 0) is 54.2 Å². The summed E-state index contributed by atoms with van der Waals surface area (Å²) in [6, 6.07) is 7.85. The fourth-order valence-corrected chi connectivity index (χ4v) is 3.78. The predicted octanol–water partition coefficient (Wildman–Crippen LogP) is 5.97. The molecule has 3 nitrogen and oxygen atoms in total. The first-order valence-corrected chi connectivity index (χ1v) is 10.0. The molecule has 0 saturated heterocycles. The highest BCUT2D eigenvalue weighted by atomic mass is 79.9. The maximum absolute atomic E-state index is 13.9. The predicted molar refractivity (Wildman–Crippen MR) is 104 cm³/mol. The van der Waals surface area contributed by atoms with E-state index in [-0.39, 0.29) is 23.6 Å². The van der Waals surface area contributed by atoms with Crippen LogP contribution in [0.1, 0.15) is 43.2 Å². The first kappa shape index (κ1) is 22.5. The lowest BCUT2D eigenvalue weighted by molar-refractivity contribution is -0.153. The summed E-state index contributed by atoms with van der Waals surface area (Å²) >= 11 is 3.26. The fraction of sp³-hybridized carbons (Fsp3) is 0.381. The normalized spacial score (nSPS) is 16.1. The number of alkyl halides is 3. The number of nitrogens with one attached hydrogen (secondary N) is 1. The van der Waals surface area contributed by atoms with Crippen molar-refractivity contribution < 1.29 is 31.5 Å². The average Bonchev–Trinajstić information content (AvgIpc) is 3.39. The number of hydrogen-bond acceptors (Lipinski definition) is 2. The highest BCUT2D eigenvalue weighted by molar-refractivity contribution is 9.10. The number of carbonyl (C=O) groups is 1. The van der Waals surface area contributed by atoms with Crippen LogP contribution in [-0.2, 0) is 10.3 Å². The molecule has 0 radical (unpaired) electrons. The van der Waals surface area contributed by atoms with Crippen molar-refractivity contribution >= 4 is 21.8 Å². The zero-order valence-electron chi connectivity index (χ0n) is 16.0. The zero-order valence-corrected chi connectivity index (χ0v) is 17.5. The summed E-state index contributed by atoms with van der Waals surface area (Å²) in [4.78, 5) is 12.6. The Kier molecular flexibility index (Phi) is 6.40. The molecule has 0 unspecified atom stereocenters. The van der Waals surface area contributed by atoms with E-state index in [1.807, 2.05) is 0 Å². The van der Waals surface area contributed by atoms with Crippen molar-refractivity contribution in [3.8, 4) is 5.75 Å². The molecule has 0 aromatic heterocycles. The Balaban J connectivity index is 1.69. The molecule has 1 aliphatic rings. The Morgan fingerprint density at radius 3 is 2.50 bits per heavy atom. The number of amides is 1. The van der Waals surface area contributed by atoms with Crippen molar-refractivity contribution in [2.24, 2.45) is 0 Å². The first-order chi connectivity index (χ1) is 14.0. The van der Waals surface area contributed by atoms with Crippen molar-refractivity contribution in [3.63, 3.8) is 0 Å². The minimum absolute atomic E-state index is 0.0181. The Hall–Kier alpha value is -2.16. The Morgan fingerprint density at radius 2 is 1.90 bits per heavy atom. The number of carbonyl (C=O) groups excluding carboxylic acids is 1. The van der Waals surface area contributed by atoms with Crippen LogP contribution in [0.3, 0.4) is 0 Å². The summed E-state index contributed by atoms with van der Waals surface area (Å²) in [5, 5.41) is 2.91. The molecule has 30 heavy (non-hydrogen) atoms. The van der Waals surface area contributed by atoms with E-state index in [1.165, 1.54) is 18.2 Å². The summed E-state index contributed by atoms with van der Waals surface area (Å²) in [6.45, 7) is 0.251. The Bertz CT molecular complexity index is 943. The molecule has 1 amide bonds. The molecule has 0 spiro atoms. The van der Waals surface area contributed by atoms with Gasteiger partial charge in [0.15, 0.2) is 6.61 Å². The summed E-state index contributed by atoms with van der Waals surface area (Å²) in [5.74, 6) is -2.17. The third kappa shape index (κ3) is 5.71. The molecule has 1 N–H and O–H groups in total. The number of ether oxygens (including phenoxy) is 1. The first-order valence-electron chi connectivity index (χ1n) is 9.24. The lowest BCUT2D eigenvalue weighted by Gasteiger charge is -2.21. The second-order valence-corrected chi connectivity index (χ2v) is 8.40. The molecule has 2 aromatic rings. The number of benzene rings is 2. The van der Waals surface area contributed by atoms with Crippen molar-refractivity contribution in [2.75, 3.05) is 6.61 Å². The van der Waals surface area contributed by atoms with E-state index in [1.54, 1.807) is 13.0 Å². The van der Waals surface area contributed by atoms with E-state index in [2.05, 4.69) is 21.2 Å². The van der Waals surface area contributed by atoms with Crippen LogP contribution in [-0.4, -0.2) is 18.7 Å². The Labute approximate surface area is 178 Å². The van der Waals surface area contributed by atoms with E-state index in [0.717, 1.165) is 12.1 Å². The number of rotatable bonds is 7. The van der Waals surface area contributed by atoms with Gasteiger partial charge in [0.2, 0.25) is 5.91 Å². The maximum Gasteiger partial charge on any atom is 0.422 e. The average molecular weight is 492 g/mol. The summed E-state index contributed by atoms with van der Waals surface area (Å²) < 4.78 is 69.7. The van der Waals surface area contributed by atoms with Gasteiger partial charge >= 0.3 is 6.18 Å². The SMILES string of the molecule is C[C@@H](CC(=O)NC1(c2cc(Br)cc(OCC(F)(F)F)c2)CC1)c1ccc(F)cc1F. The van der Waals surface area contributed by atoms with Gasteiger partial charge in [-0.1, -0.05) is 28.9 Å². The molecular weight excluding hydrogens is 473 g/mol. The molecule has 162 valence electrons. The van der Waals surface area contributed by atoms with Crippen LogP contribution in [0.15, 0.2) is 40.9 Å². The fourth-order valence-electron chi connectivity index (χ4n) is 3.31. The van der Waals surface area contributed by atoms with Gasteiger partial charge in [0, 0.05) is 17.0 Å². The van der Waals surface area contributed by atoms with Gasteiger partial charge < -0.3 is 10.1 Å². The topological polar surface area (TPSA) is 38.3 Å². The number of hydrogen-bond donors (Lipinski definition) is 1. The van der Waals surface area contributed by atoms with Crippen LogP contribution in [0.4, 0.5) is 22.0 Å². The van der Waals surface area contributed by atoms with Gasteiger partial charge in [0.1, 0.15) is 17.4 Å². The van der Waals surface area contributed by atoms with Gasteiger partial charge in [-0.15, -0.1) is 0 Å². The van der Waals surface area contributed by atoms with E-state index in [4.69, 9.17) is 4.74 Å². The number of halogens is 6. The van der Waals surface area contributed by atoms with Crippen LogP contribution in [0.5, 0.6) is 5.75 Å². The molecule has 0 aliphatic heterocycles. The van der Waals surface area contributed by atoms with Crippen molar-refractivity contribution in [1.29, 1.82) is 0 Å². The molecule has 0 heterocycles. The van der Waals surface area contributed by atoms with Crippen LogP contribution < -0.4 is 10.1 Å². The third-order valence-corrected chi connectivity index (χ3v) is 5.40. The highest BCUT2D eigenvalue weighted by Gasteiger charge is 2.46. The zero-order chi connectivity index (χ0) is 22.1. The highest BCUT2D eigenvalue weighted by Crippen LogP contribution is 2.47. The molecule has 9 heteroatoms. The van der Waals surface area contributed by atoms with E-state index in [9.17, 15) is 26.7 Å². The van der Waals surface area contributed by atoms with Crippen LogP contribution in [0, 0.1) is 11.6 Å². The quantitative estimate of drug-likeness (QED) is 0.484. The van der Waals surface area contributed by atoms with Crippen LogP contribution in [0.2, 0.25) is 0 Å². The van der Waals surface area contributed by atoms with Gasteiger partial charge in [-0.2, -0.15) is 13.2 Å². The minimum Gasteiger partial charge on any atom is -0.484 e. The molecule has 0 bridgehead atoms. The smallest absolute Gasteiger partial charge is 0.422 e. The molecule has 1 fully saturated rings. The monoisotopic (exact) mass is 491 g/mol. The molecular formula is C21H19BrF5NO2. The van der Waals surface area contributed by atoms with Gasteiger partial charge in [0.05, 0.1) is 5.54 Å². The standard InChI is InChI=1S/C21H19BrF5NO2/c1-12(17-3-2-15(23)10-18(17)24)6-19(29)28-20(4-5-20)13-7-14(22)9-16(8-13)30-11-21(25,26)27/h2-3,7-10,12H,4-6,11H2,1H3,(H,28,29)/t12-/m0/s1. The lowest BCUT2D eigenvalue weighted by Crippen LogP contribution is -2.35. The van der Waals surface area contributed by atoms with Crippen molar-refractivity contribution in [1.82, 2.24) is 5.32 Å².